The number of hydrogen-bond donors (Lipinski definition) is 2. The van der Waals surface area contributed by atoms with Crippen molar-refractivity contribution in [1.29, 1.82) is 5.26 Å². The zero-order chi connectivity index (χ0) is 20.5. The second-order valence-electron chi connectivity index (χ2n) is 8.01. The minimum absolute atomic E-state index is 0.0441. The molecule has 2 fully saturated rings. The smallest absolute Gasteiger partial charge is 0.266 e. The van der Waals surface area contributed by atoms with Crippen molar-refractivity contribution in [3.05, 3.63) is 40.4 Å². The lowest BCUT2D eigenvalue weighted by atomic mass is 9.82. The SMILES string of the molecule is CCCCc1ccc(N2C(S)=C(C#N)C(=O)NC23CCC2(CC3)OCCO2)cc1. The molecule has 1 aromatic carbocycles. The molecule has 1 saturated heterocycles. The topological polar surface area (TPSA) is 74.6 Å². The average molecular weight is 414 g/mol. The molecular formula is C22H27N3O3S. The normalized spacial score (nSPS) is 22.8. The number of nitriles is 1. The van der Waals surface area contributed by atoms with Crippen LogP contribution in [0.25, 0.3) is 0 Å². The summed E-state index contributed by atoms with van der Waals surface area (Å²) in [4.78, 5) is 14.7. The summed E-state index contributed by atoms with van der Waals surface area (Å²) in [5.74, 6) is -0.903. The number of amides is 1. The molecule has 2 aliphatic heterocycles. The maximum atomic E-state index is 12.6. The highest BCUT2D eigenvalue weighted by atomic mass is 32.1. The zero-order valence-corrected chi connectivity index (χ0v) is 17.6. The first-order chi connectivity index (χ1) is 14.0. The van der Waals surface area contributed by atoms with E-state index in [1.807, 2.05) is 11.0 Å². The molecule has 29 heavy (non-hydrogen) atoms. The molecule has 1 amide bonds. The Hall–Kier alpha value is -2.01. The summed E-state index contributed by atoms with van der Waals surface area (Å²) in [6, 6.07) is 10.4. The summed E-state index contributed by atoms with van der Waals surface area (Å²) >= 11 is 4.63. The number of ether oxygens (including phenoxy) is 2. The van der Waals surface area contributed by atoms with Gasteiger partial charge in [0.15, 0.2) is 5.79 Å². The number of aryl methyl sites for hydroxylation is 1. The molecule has 2 spiro atoms. The number of nitrogens with one attached hydrogen (secondary N) is 1. The van der Waals surface area contributed by atoms with Crippen LogP contribution in [0.1, 0.15) is 51.0 Å². The Morgan fingerprint density at radius 2 is 1.83 bits per heavy atom. The minimum atomic E-state index is -0.639. The number of hydrogen-bond acceptors (Lipinski definition) is 6. The van der Waals surface area contributed by atoms with E-state index in [9.17, 15) is 10.1 Å². The minimum Gasteiger partial charge on any atom is -0.348 e. The van der Waals surface area contributed by atoms with Gasteiger partial charge in [-0.25, -0.2) is 0 Å². The number of anilines is 1. The number of carbonyl (C=O) groups excluding carboxylic acids is 1. The average Bonchev–Trinajstić information content (AvgIpc) is 3.18. The van der Waals surface area contributed by atoms with Crippen molar-refractivity contribution in [3.63, 3.8) is 0 Å². The lowest BCUT2D eigenvalue weighted by molar-refractivity contribution is -0.186. The summed E-state index contributed by atoms with van der Waals surface area (Å²) in [7, 11) is 0. The van der Waals surface area contributed by atoms with Gasteiger partial charge in [0.25, 0.3) is 5.91 Å². The van der Waals surface area contributed by atoms with Crippen LogP contribution in [-0.4, -0.2) is 30.6 Å². The fraction of sp³-hybridized carbons (Fsp3) is 0.545. The van der Waals surface area contributed by atoms with Crippen LogP contribution in [0.5, 0.6) is 0 Å². The molecular weight excluding hydrogens is 386 g/mol. The highest BCUT2D eigenvalue weighted by Gasteiger charge is 2.52. The van der Waals surface area contributed by atoms with Crippen molar-refractivity contribution in [3.8, 4) is 6.07 Å². The van der Waals surface area contributed by atoms with Crippen molar-refractivity contribution >= 4 is 24.2 Å². The van der Waals surface area contributed by atoms with Gasteiger partial charge in [0.2, 0.25) is 0 Å². The second-order valence-corrected chi connectivity index (χ2v) is 8.43. The third-order valence-corrected chi connectivity index (χ3v) is 6.64. The molecule has 154 valence electrons. The van der Waals surface area contributed by atoms with Gasteiger partial charge in [-0.3, -0.25) is 4.79 Å². The van der Waals surface area contributed by atoms with Gasteiger partial charge < -0.3 is 19.7 Å². The maximum Gasteiger partial charge on any atom is 0.266 e. The summed E-state index contributed by atoms with van der Waals surface area (Å²) in [5, 5.41) is 13.0. The Bertz CT molecular complexity index is 843. The van der Waals surface area contributed by atoms with Crippen LogP contribution in [0, 0.1) is 11.3 Å². The number of benzene rings is 1. The van der Waals surface area contributed by atoms with Gasteiger partial charge in [0.1, 0.15) is 17.3 Å². The van der Waals surface area contributed by atoms with Crippen LogP contribution >= 0.6 is 12.6 Å². The molecule has 4 rings (SSSR count). The van der Waals surface area contributed by atoms with Crippen molar-refractivity contribution in [2.24, 2.45) is 0 Å². The fourth-order valence-electron chi connectivity index (χ4n) is 4.59. The largest absolute Gasteiger partial charge is 0.348 e. The molecule has 3 aliphatic rings. The third kappa shape index (κ3) is 3.65. The number of unbranched alkanes of at least 4 members (excludes halogenated alkanes) is 1. The highest BCUT2D eigenvalue weighted by molar-refractivity contribution is 7.84. The van der Waals surface area contributed by atoms with Crippen molar-refractivity contribution < 1.29 is 14.3 Å². The van der Waals surface area contributed by atoms with E-state index < -0.39 is 11.4 Å². The molecule has 0 radical (unpaired) electrons. The predicted molar refractivity (Wildman–Crippen MR) is 113 cm³/mol. The van der Waals surface area contributed by atoms with Crippen LogP contribution < -0.4 is 10.2 Å². The van der Waals surface area contributed by atoms with Gasteiger partial charge in [-0.1, -0.05) is 25.5 Å². The molecule has 1 aromatic rings. The molecule has 0 aromatic heterocycles. The van der Waals surface area contributed by atoms with E-state index in [1.54, 1.807) is 0 Å². The van der Waals surface area contributed by atoms with Gasteiger partial charge in [-0.2, -0.15) is 5.26 Å². The first-order valence-corrected chi connectivity index (χ1v) is 10.8. The molecule has 6 nitrogen and oxygen atoms in total. The van der Waals surface area contributed by atoms with E-state index in [0.29, 0.717) is 43.9 Å². The lowest BCUT2D eigenvalue weighted by Gasteiger charge is -2.52. The number of nitrogens with zero attached hydrogens (tertiary/aromatic N) is 2. The Kier molecular flexibility index (Phi) is 5.60. The van der Waals surface area contributed by atoms with E-state index in [1.165, 1.54) is 5.56 Å². The van der Waals surface area contributed by atoms with E-state index in [2.05, 4.69) is 49.1 Å². The predicted octanol–water partition coefficient (Wildman–Crippen LogP) is 3.64. The van der Waals surface area contributed by atoms with E-state index in [0.717, 1.165) is 24.9 Å². The van der Waals surface area contributed by atoms with Crippen molar-refractivity contribution in [2.75, 3.05) is 18.1 Å². The first kappa shape index (κ1) is 20.3. The van der Waals surface area contributed by atoms with Crippen LogP contribution in [0.4, 0.5) is 5.69 Å². The molecule has 2 heterocycles. The van der Waals surface area contributed by atoms with Crippen LogP contribution in [0.15, 0.2) is 34.9 Å². The summed E-state index contributed by atoms with van der Waals surface area (Å²) in [5.41, 5.74) is 1.61. The Labute approximate surface area is 177 Å². The number of thiol groups is 1. The fourth-order valence-corrected chi connectivity index (χ4v) is 5.05. The molecule has 0 unspecified atom stereocenters. The number of carbonyl (C=O) groups is 1. The van der Waals surface area contributed by atoms with Gasteiger partial charge in [-0.05, 0) is 43.4 Å². The van der Waals surface area contributed by atoms with Gasteiger partial charge in [-0.15, -0.1) is 12.6 Å². The monoisotopic (exact) mass is 413 g/mol. The highest BCUT2D eigenvalue weighted by Crippen LogP contribution is 2.46. The second kappa shape index (κ2) is 8.02. The van der Waals surface area contributed by atoms with E-state index in [-0.39, 0.29) is 11.5 Å². The van der Waals surface area contributed by atoms with E-state index >= 15 is 0 Å². The molecule has 0 bridgehead atoms. The molecule has 1 aliphatic carbocycles. The first-order valence-electron chi connectivity index (χ1n) is 10.4. The van der Waals surface area contributed by atoms with Crippen molar-refractivity contribution in [2.45, 2.75) is 63.3 Å². The Balaban J connectivity index is 1.68. The molecule has 7 heteroatoms. The standard InChI is InChI=1S/C22H27N3O3S/c1-2-3-4-16-5-7-17(8-6-16)25-20(29)18(15-23)19(26)24-21(25)9-11-22(12-10-21)27-13-14-28-22/h5-8,29H,2-4,9-14H2,1H3,(H,24,26). The quantitative estimate of drug-likeness (QED) is 0.737. The molecule has 0 atom stereocenters. The van der Waals surface area contributed by atoms with Gasteiger partial charge in [0, 0.05) is 18.5 Å². The van der Waals surface area contributed by atoms with Gasteiger partial charge in [0.05, 0.1) is 18.2 Å². The Morgan fingerprint density at radius 1 is 1.17 bits per heavy atom. The van der Waals surface area contributed by atoms with Crippen LogP contribution in [0.2, 0.25) is 0 Å². The molecule has 1 N–H and O–H groups in total. The summed E-state index contributed by atoms with van der Waals surface area (Å²) in [6.07, 6.45) is 6.02. The van der Waals surface area contributed by atoms with Crippen molar-refractivity contribution in [1.82, 2.24) is 5.32 Å². The maximum absolute atomic E-state index is 12.6. The van der Waals surface area contributed by atoms with Gasteiger partial charge >= 0.3 is 0 Å². The van der Waals surface area contributed by atoms with E-state index in [4.69, 9.17) is 9.47 Å². The lowest BCUT2D eigenvalue weighted by Crippen LogP contribution is -2.66. The number of rotatable bonds is 4. The summed E-state index contributed by atoms with van der Waals surface area (Å²) < 4.78 is 11.7. The molecule has 1 saturated carbocycles. The summed E-state index contributed by atoms with van der Waals surface area (Å²) in [6.45, 7) is 3.40. The van der Waals surface area contributed by atoms with Crippen LogP contribution in [0.3, 0.4) is 0 Å². The third-order valence-electron chi connectivity index (χ3n) is 6.21. The zero-order valence-electron chi connectivity index (χ0n) is 16.7. The van der Waals surface area contributed by atoms with Crippen LogP contribution in [-0.2, 0) is 20.7 Å². The Morgan fingerprint density at radius 3 is 2.41 bits per heavy atom.